The molecule has 0 radical (unpaired) electrons. The number of hydrogen-bond acceptors (Lipinski definition) is 6. The molecule has 0 spiro atoms. The van der Waals surface area contributed by atoms with Crippen LogP contribution >= 0.6 is 23.5 Å². The molecule has 0 bridgehead atoms. The molecule has 0 saturated carbocycles. The molecular weight excluding hydrogens is 1250 g/mol. The molecule has 2 heterocycles. The van der Waals surface area contributed by atoms with Gasteiger partial charge < -0.3 is 0 Å². The first-order valence-electron chi connectivity index (χ1n) is 39.3. The van der Waals surface area contributed by atoms with Gasteiger partial charge in [0.1, 0.15) is 22.1 Å². The summed E-state index contributed by atoms with van der Waals surface area (Å²) in [4.78, 5) is 0. The Morgan fingerprint density at radius 3 is 0.710 bits per heavy atom. The SMILES string of the molecule is CC(C)CCCC(C)CCc1cc2c3cc(CCC(C)CCCC(C)C)cc4c5cc(-c6cccc7nsnc67)cc6c7cc(CCC(C)CCCC(C)C)cc8c9cc(CCC(C)CCCC(C)C)cc%10c%11cc(-c%12cccc%13nsnc%12%13)cc%12c(c1)c2c1c(c34)c(c56)c(c87)c(c9%10)c1c%12%11. The third kappa shape index (κ3) is 11.4. The van der Waals surface area contributed by atoms with Crippen LogP contribution < -0.4 is 0 Å². The van der Waals surface area contributed by atoms with E-state index in [0.29, 0.717) is 23.7 Å². The Hall–Kier alpha value is -7.38. The number of nitrogens with zero attached hydrogens (tertiary/aromatic N) is 4. The molecule has 4 nitrogen and oxygen atoms in total. The van der Waals surface area contributed by atoms with Crippen LogP contribution in [0.25, 0.3) is 174 Å². The summed E-state index contributed by atoms with van der Waals surface area (Å²) in [6, 6.07) is 45.6. The minimum Gasteiger partial charge on any atom is -0.173 e. The van der Waals surface area contributed by atoms with Crippen LogP contribution in [0.4, 0.5) is 0 Å². The highest BCUT2D eigenvalue weighted by molar-refractivity contribution is 7.00. The fourth-order valence-electron chi connectivity index (χ4n) is 19.2. The van der Waals surface area contributed by atoms with E-state index >= 15 is 0 Å². The minimum absolute atomic E-state index is 0.640. The summed E-state index contributed by atoms with van der Waals surface area (Å²) in [5.74, 6) is 5.48. The maximum Gasteiger partial charge on any atom is 0.112 e. The summed E-state index contributed by atoms with van der Waals surface area (Å²) in [7, 11) is 0. The molecule has 100 heavy (non-hydrogen) atoms. The first-order valence-corrected chi connectivity index (χ1v) is 40.7. The second-order valence-corrected chi connectivity index (χ2v) is 35.2. The third-order valence-corrected chi connectivity index (χ3v) is 25.7. The maximum atomic E-state index is 5.11. The molecule has 15 aromatic carbocycles. The van der Waals surface area contributed by atoms with Gasteiger partial charge in [0, 0.05) is 11.1 Å². The molecule has 0 aliphatic carbocycles. The molecule has 2 aromatic heterocycles. The molecule has 0 N–H and O–H groups in total. The van der Waals surface area contributed by atoms with Gasteiger partial charge in [-0.1, -0.05) is 233 Å². The topological polar surface area (TPSA) is 51.6 Å². The molecule has 6 heteroatoms. The summed E-state index contributed by atoms with van der Waals surface area (Å²) in [5.41, 5.74) is 14.6. The van der Waals surface area contributed by atoms with Crippen LogP contribution in [0.5, 0.6) is 0 Å². The van der Waals surface area contributed by atoms with Crippen LogP contribution in [0.1, 0.15) is 208 Å². The van der Waals surface area contributed by atoms with E-state index in [1.54, 1.807) is 0 Å². The van der Waals surface area contributed by atoms with Crippen LogP contribution in [0.2, 0.25) is 0 Å². The smallest absolute Gasteiger partial charge is 0.112 e. The van der Waals surface area contributed by atoms with E-state index in [2.05, 4.69) is 192 Å². The lowest BCUT2D eigenvalue weighted by atomic mass is 9.72. The predicted octanol–water partition coefficient (Wildman–Crippen LogP) is 29.1. The van der Waals surface area contributed by atoms with E-state index in [1.165, 1.54) is 300 Å². The minimum atomic E-state index is 0.640. The van der Waals surface area contributed by atoms with Crippen molar-refractivity contribution in [1.82, 2.24) is 17.5 Å². The van der Waals surface area contributed by atoms with Crippen LogP contribution in [0.3, 0.4) is 0 Å². The van der Waals surface area contributed by atoms with Crippen molar-refractivity contribution in [2.75, 3.05) is 0 Å². The molecule has 0 aliphatic heterocycles. The number of aromatic nitrogens is 4. The predicted molar refractivity (Wildman–Crippen MR) is 441 cm³/mol. The van der Waals surface area contributed by atoms with Crippen LogP contribution in [-0.2, 0) is 25.7 Å². The van der Waals surface area contributed by atoms with Crippen molar-refractivity contribution in [3.8, 4) is 22.3 Å². The van der Waals surface area contributed by atoms with Gasteiger partial charge in [-0.15, -0.1) is 0 Å². The van der Waals surface area contributed by atoms with Crippen molar-refractivity contribution in [1.29, 1.82) is 0 Å². The molecule has 17 aromatic rings. The Balaban J connectivity index is 1.04. The van der Waals surface area contributed by atoms with Crippen LogP contribution in [-0.4, -0.2) is 17.5 Å². The highest BCUT2D eigenvalue weighted by Gasteiger charge is 2.34. The fourth-order valence-corrected chi connectivity index (χ4v) is 20.3. The van der Waals surface area contributed by atoms with Crippen molar-refractivity contribution < 1.29 is 0 Å². The van der Waals surface area contributed by atoms with Crippen molar-refractivity contribution in [2.45, 2.75) is 212 Å². The molecule has 0 amide bonds. The van der Waals surface area contributed by atoms with Gasteiger partial charge in [-0.2, -0.15) is 17.5 Å². The van der Waals surface area contributed by atoms with Crippen molar-refractivity contribution in [3.05, 3.63) is 131 Å². The zero-order valence-corrected chi connectivity index (χ0v) is 63.4. The molecule has 4 atom stereocenters. The monoisotopic (exact) mass is 1350 g/mol. The lowest BCUT2D eigenvalue weighted by molar-refractivity contribution is 0.437. The number of benzene rings is 15. The third-order valence-electron chi connectivity index (χ3n) is 24.6. The van der Waals surface area contributed by atoms with E-state index in [-0.39, 0.29) is 0 Å². The zero-order chi connectivity index (χ0) is 68.5. The normalized spacial score (nSPS) is 14.4. The number of aryl methyl sites for hydroxylation is 4. The van der Waals surface area contributed by atoms with Gasteiger partial charge in [0.05, 0.1) is 23.5 Å². The van der Waals surface area contributed by atoms with Gasteiger partial charge in [-0.3, -0.25) is 0 Å². The number of hydrogen-bond donors (Lipinski definition) is 0. The van der Waals surface area contributed by atoms with Gasteiger partial charge >= 0.3 is 0 Å². The van der Waals surface area contributed by atoms with E-state index in [4.69, 9.17) is 17.5 Å². The molecule has 0 saturated heterocycles. The average molecular weight is 1350 g/mol. The number of rotatable bonds is 30. The van der Waals surface area contributed by atoms with E-state index < -0.39 is 0 Å². The first kappa shape index (κ1) is 65.9. The highest BCUT2D eigenvalue weighted by atomic mass is 32.1. The van der Waals surface area contributed by atoms with Gasteiger partial charge in [0.2, 0.25) is 0 Å². The van der Waals surface area contributed by atoms with E-state index in [9.17, 15) is 0 Å². The Bertz CT molecular complexity index is 5170. The standard InChI is InChI=1S/C94H102N4S2/c1-51(2)19-13-23-55(9)31-35-59-39-67-68-40-60(36-32-56(10)24-14-20-52(3)4)44-72-77-49-64(66-28-18-30-80-94(66)98-100-96-80)50-78-74-46-62(38-34-58(12)26-16-22-54(7)8)42-70-69-41-61(37-33-57(11)25-15-21-53(5)6)45-73-76-48-63(65-27-17-29-79-93(65)97-99-95-79)47-75-71(43-59)81(67)87-88(82(68)72)92(86(77)78)90(84(70)74)89(83(69)73)91(87)85(75)76/h17-18,27-30,39-58H,13-16,19-26,31-38H2,1-12H3. The van der Waals surface area contributed by atoms with Gasteiger partial charge in [-0.05, 0) is 298 Å². The molecule has 0 fully saturated rings. The van der Waals surface area contributed by atoms with Crippen molar-refractivity contribution >= 4 is 175 Å². The average Bonchev–Trinajstić information content (AvgIpc) is 0.769. The number of fused-ring (bicyclic) bond motifs is 8. The summed E-state index contributed by atoms with van der Waals surface area (Å²) in [6.07, 6.45) is 24.4. The van der Waals surface area contributed by atoms with Gasteiger partial charge in [0.15, 0.2) is 0 Å². The van der Waals surface area contributed by atoms with Crippen molar-refractivity contribution in [2.24, 2.45) is 47.3 Å². The fraction of sp³-hybridized carbons (Fsp3) is 0.426. The first-order chi connectivity index (χ1) is 48.5. The Kier molecular flexibility index (Phi) is 17.4. The molecular formula is C94H102N4S2. The quantitative estimate of drug-likeness (QED) is 0.0333. The molecule has 0 aliphatic rings. The largest absolute Gasteiger partial charge is 0.173 e. The summed E-state index contributed by atoms with van der Waals surface area (Å²) >= 11 is 2.68. The maximum absolute atomic E-state index is 5.11. The highest BCUT2D eigenvalue weighted by Crippen LogP contribution is 2.62. The van der Waals surface area contributed by atoms with Gasteiger partial charge in [-0.25, -0.2) is 0 Å². The van der Waals surface area contributed by atoms with Crippen LogP contribution in [0, 0.1) is 47.3 Å². The summed E-state index contributed by atoms with van der Waals surface area (Å²) in [5, 5.41) is 34.4. The lowest BCUT2D eigenvalue weighted by Gasteiger charge is -2.30. The molecule has 17 rings (SSSR count). The Morgan fingerprint density at radius 1 is 0.250 bits per heavy atom. The molecule has 510 valence electrons. The second-order valence-electron chi connectivity index (χ2n) is 34.2. The van der Waals surface area contributed by atoms with Crippen molar-refractivity contribution in [3.63, 3.8) is 0 Å². The molecule has 4 unspecified atom stereocenters. The van der Waals surface area contributed by atoms with E-state index in [1.807, 2.05) is 0 Å². The van der Waals surface area contributed by atoms with Crippen LogP contribution in [0.15, 0.2) is 109 Å². The Labute approximate surface area is 600 Å². The lowest BCUT2D eigenvalue weighted by Crippen LogP contribution is -2.04. The van der Waals surface area contributed by atoms with Gasteiger partial charge in [0.25, 0.3) is 0 Å². The second kappa shape index (κ2) is 26.5. The summed E-state index contributed by atoms with van der Waals surface area (Å²) < 4.78 is 20.0. The Morgan fingerprint density at radius 2 is 0.480 bits per heavy atom. The zero-order valence-electron chi connectivity index (χ0n) is 61.8. The summed E-state index contributed by atoms with van der Waals surface area (Å²) in [6.45, 7) is 29.2. The van der Waals surface area contributed by atoms with E-state index in [0.717, 1.165) is 71.4 Å².